The van der Waals surface area contributed by atoms with E-state index in [0.29, 0.717) is 0 Å². The molecule has 0 spiro atoms. The van der Waals surface area contributed by atoms with Crippen LogP contribution in [0.5, 0.6) is 0 Å². The molecule has 2 amide bonds. The molecule has 3 aromatic carbocycles. The summed E-state index contributed by atoms with van der Waals surface area (Å²) in [5.74, 6) is -1.34. The molecule has 4 rings (SSSR count). The number of rotatable bonds is 12. The van der Waals surface area contributed by atoms with E-state index in [9.17, 15) is 22.4 Å². The van der Waals surface area contributed by atoms with Crippen LogP contribution >= 0.6 is 0 Å². The molecule has 1 atom stereocenters. The van der Waals surface area contributed by atoms with Gasteiger partial charge in [-0.1, -0.05) is 79.4 Å². The van der Waals surface area contributed by atoms with E-state index in [1.165, 1.54) is 31.1 Å². The molecule has 0 radical (unpaired) electrons. The third kappa shape index (κ3) is 8.64. The van der Waals surface area contributed by atoms with Gasteiger partial charge < -0.3 is 10.2 Å². The number of anilines is 1. The molecule has 0 aliphatic heterocycles. The Kier molecular flexibility index (Phi) is 10.9. The number of amides is 2. The van der Waals surface area contributed by atoms with Crippen LogP contribution in [0.3, 0.4) is 0 Å². The van der Waals surface area contributed by atoms with E-state index in [4.69, 9.17) is 0 Å². The lowest BCUT2D eigenvalue weighted by atomic mass is 9.94. The monoisotopic (exact) mass is 608 g/mol. The molecule has 230 valence electrons. The Balaban J connectivity index is 1.74. The Morgan fingerprint density at radius 3 is 2.12 bits per heavy atom. The molecule has 43 heavy (non-hydrogen) atoms. The van der Waals surface area contributed by atoms with Gasteiger partial charge in [0, 0.05) is 33.1 Å². The fourth-order valence-electron chi connectivity index (χ4n) is 5.31. The van der Waals surface area contributed by atoms with Crippen LogP contribution in [0.2, 0.25) is 0 Å². The first-order chi connectivity index (χ1) is 20.5. The van der Waals surface area contributed by atoms with Crippen LogP contribution < -0.4 is 9.62 Å². The van der Waals surface area contributed by atoms with Gasteiger partial charge in [0.15, 0.2) is 0 Å². The maximum atomic E-state index is 14.3. The van der Waals surface area contributed by atoms with Crippen LogP contribution in [0.1, 0.15) is 48.8 Å². The quantitative estimate of drug-likeness (QED) is 0.319. The first-order valence-corrected chi connectivity index (χ1v) is 16.1. The number of benzene rings is 3. The first-order valence-electron chi connectivity index (χ1n) is 14.7. The molecule has 8 nitrogen and oxygen atoms in total. The highest BCUT2D eigenvalue weighted by Crippen LogP contribution is 2.23. The van der Waals surface area contributed by atoms with Crippen LogP contribution in [0.25, 0.3) is 0 Å². The van der Waals surface area contributed by atoms with Crippen molar-refractivity contribution in [3.63, 3.8) is 0 Å². The minimum atomic E-state index is -4.14. The number of hydrogen-bond acceptors (Lipinski definition) is 4. The third-order valence-electron chi connectivity index (χ3n) is 7.83. The Labute approximate surface area is 254 Å². The van der Waals surface area contributed by atoms with Gasteiger partial charge in [-0.05, 0) is 55.2 Å². The molecule has 0 saturated heterocycles. The van der Waals surface area contributed by atoms with E-state index in [2.05, 4.69) is 5.32 Å². The molecule has 1 N–H and O–H groups in total. The van der Waals surface area contributed by atoms with Crippen LogP contribution in [0, 0.1) is 12.7 Å². The van der Waals surface area contributed by atoms with Crippen molar-refractivity contribution in [1.82, 2.24) is 14.5 Å². The molecular formula is C33H41FN4O4S. The van der Waals surface area contributed by atoms with E-state index in [1.54, 1.807) is 0 Å². The molecule has 0 heterocycles. The standard InChI is InChI=1S/C33H41FN4O4S/c1-25-14-16-27(17-15-25)23-37(32(39)24-38(43(41,42)36(2)3)30-20-18-28(34)19-21-30)31(22-26-10-6-4-7-11-26)33(40)35-29-12-8-5-9-13-29/h4,6-7,10-11,14-21,29,31H,5,8-9,12-13,22-24H2,1-3H3,(H,35,40)/t31-/m0/s1. The first kappa shape index (κ1) is 32.2. The second kappa shape index (κ2) is 14.6. The maximum Gasteiger partial charge on any atom is 0.304 e. The van der Waals surface area contributed by atoms with Crippen molar-refractivity contribution in [2.45, 2.75) is 64.1 Å². The molecule has 10 heteroatoms. The van der Waals surface area contributed by atoms with Gasteiger partial charge in [0.25, 0.3) is 0 Å². The molecule has 0 bridgehead atoms. The van der Waals surface area contributed by atoms with Gasteiger partial charge in [-0.25, -0.2) is 8.70 Å². The second-order valence-corrected chi connectivity index (χ2v) is 13.4. The summed E-state index contributed by atoms with van der Waals surface area (Å²) in [5, 5.41) is 3.19. The predicted octanol–water partition coefficient (Wildman–Crippen LogP) is 4.84. The van der Waals surface area contributed by atoms with E-state index >= 15 is 0 Å². The van der Waals surface area contributed by atoms with Gasteiger partial charge >= 0.3 is 10.2 Å². The topological polar surface area (TPSA) is 90.0 Å². The molecular weight excluding hydrogens is 567 g/mol. The minimum Gasteiger partial charge on any atom is -0.352 e. The normalized spacial score (nSPS) is 14.7. The fourth-order valence-corrected chi connectivity index (χ4v) is 6.37. The van der Waals surface area contributed by atoms with Crippen molar-refractivity contribution in [2.24, 2.45) is 0 Å². The zero-order chi connectivity index (χ0) is 31.0. The van der Waals surface area contributed by atoms with E-state index in [1.807, 2.05) is 61.5 Å². The Bertz CT molecular complexity index is 1460. The summed E-state index contributed by atoms with van der Waals surface area (Å²) in [5.41, 5.74) is 2.89. The number of nitrogens with zero attached hydrogens (tertiary/aromatic N) is 3. The number of aryl methyl sites for hydroxylation is 1. The van der Waals surface area contributed by atoms with E-state index < -0.39 is 34.5 Å². The van der Waals surface area contributed by atoms with Gasteiger partial charge in [-0.15, -0.1) is 0 Å². The summed E-state index contributed by atoms with van der Waals surface area (Å²) in [7, 11) is -1.40. The molecule has 3 aromatic rings. The summed E-state index contributed by atoms with van der Waals surface area (Å²) in [6, 6.07) is 21.3. The summed E-state index contributed by atoms with van der Waals surface area (Å²) < 4.78 is 42.6. The number of carbonyl (C=O) groups is 2. The lowest BCUT2D eigenvalue weighted by molar-refractivity contribution is -0.140. The minimum absolute atomic E-state index is 0.0284. The van der Waals surface area contributed by atoms with E-state index in [0.717, 1.165) is 69.5 Å². The largest absolute Gasteiger partial charge is 0.352 e. The maximum absolute atomic E-state index is 14.3. The van der Waals surface area contributed by atoms with Crippen LogP contribution in [0.4, 0.5) is 10.1 Å². The van der Waals surface area contributed by atoms with Crippen LogP contribution in [0.15, 0.2) is 78.9 Å². The highest BCUT2D eigenvalue weighted by molar-refractivity contribution is 7.90. The molecule has 1 fully saturated rings. The molecule has 1 aliphatic rings. The summed E-state index contributed by atoms with van der Waals surface area (Å²) in [4.78, 5) is 29.8. The summed E-state index contributed by atoms with van der Waals surface area (Å²) in [6.45, 7) is 1.50. The Morgan fingerprint density at radius 1 is 0.884 bits per heavy atom. The number of hydrogen-bond donors (Lipinski definition) is 1. The third-order valence-corrected chi connectivity index (χ3v) is 9.65. The molecule has 1 saturated carbocycles. The summed E-state index contributed by atoms with van der Waals surface area (Å²) >= 11 is 0. The molecule has 0 unspecified atom stereocenters. The second-order valence-electron chi connectivity index (χ2n) is 11.3. The average molecular weight is 609 g/mol. The van der Waals surface area contributed by atoms with Crippen LogP contribution in [-0.2, 0) is 32.8 Å². The lowest BCUT2D eigenvalue weighted by Gasteiger charge is -2.35. The highest BCUT2D eigenvalue weighted by atomic mass is 32.2. The average Bonchev–Trinajstić information content (AvgIpc) is 3.00. The summed E-state index contributed by atoms with van der Waals surface area (Å²) in [6.07, 6.45) is 5.24. The molecule has 1 aliphatic carbocycles. The predicted molar refractivity (Wildman–Crippen MR) is 167 cm³/mol. The van der Waals surface area contributed by atoms with Crippen molar-refractivity contribution < 1.29 is 22.4 Å². The smallest absolute Gasteiger partial charge is 0.304 e. The number of nitrogens with one attached hydrogen (secondary N) is 1. The van der Waals surface area contributed by atoms with Crippen molar-refractivity contribution in [3.05, 3.63) is 101 Å². The zero-order valence-corrected chi connectivity index (χ0v) is 25.9. The van der Waals surface area contributed by atoms with Gasteiger partial charge in [0.2, 0.25) is 11.8 Å². The Hall–Kier alpha value is -3.76. The Morgan fingerprint density at radius 2 is 1.51 bits per heavy atom. The van der Waals surface area contributed by atoms with Crippen molar-refractivity contribution in [1.29, 1.82) is 0 Å². The van der Waals surface area contributed by atoms with E-state index in [-0.39, 0.29) is 30.6 Å². The highest BCUT2D eigenvalue weighted by Gasteiger charge is 2.35. The molecule has 0 aromatic heterocycles. The van der Waals surface area contributed by atoms with Gasteiger partial charge in [-0.2, -0.15) is 12.7 Å². The van der Waals surface area contributed by atoms with Gasteiger partial charge in [0.1, 0.15) is 18.4 Å². The van der Waals surface area contributed by atoms with Crippen molar-refractivity contribution in [2.75, 3.05) is 24.9 Å². The van der Waals surface area contributed by atoms with Gasteiger partial charge in [0.05, 0.1) is 5.69 Å². The lowest BCUT2D eigenvalue weighted by Crippen LogP contribution is -2.55. The van der Waals surface area contributed by atoms with Crippen molar-refractivity contribution in [3.8, 4) is 0 Å². The van der Waals surface area contributed by atoms with Gasteiger partial charge in [-0.3, -0.25) is 9.59 Å². The van der Waals surface area contributed by atoms with Crippen molar-refractivity contribution >= 4 is 27.7 Å². The fraction of sp³-hybridized carbons (Fsp3) is 0.394. The van der Waals surface area contributed by atoms with Crippen LogP contribution in [-0.4, -0.2) is 62.2 Å². The number of carbonyl (C=O) groups excluding carboxylic acids is 2. The number of halogens is 1. The SMILES string of the molecule is Cc1ccc(CN(C(=O)CN(c2ccc(F)cc2)S(=O)(=O)N(C)C)[C@@H](Cc2ccccc2)C(=O)NC2CCCCC2)cc1. The zero-order valence-electron chi connectivity index (χ0n) is 25.1.